The molecule has 0 radical (unpaired) electrons. The minimum absolute atomic E-state index is 0.349. The van der Waals surface area contributed by atoms with Gasteiger partial charge in [0.15, 0.2) is 0 Å². The second-order valence-corrected chi connectivity index (χ2v) is 4.03. The Morgan fingerprint density at radius 2 is 2.05 bits per heavy atom. The molecule has 0 bridgehead atoms. The number of methoxy groups -OCH3 is 1. The fourth-order valence-electron chi connectivity index (χ4n) is 1.75. The van der Waals surface area contributed by atoms with Crippen molar-refractivity contribution in [2.24, 2.45) is 0 Å². The van der Waals surface area contributed by atoms with E-state index in [1.807, 2.05) is 0 Å². The lowest BCUT2D eigenvalue weighted by Gasteiger charge is -2.40. The number of hydrogen-bond acceptors (Lipinski definition) is 3. The van der Waals surface area contributed by atoms with Crippen LogP contribution in [0.3, 0.4) is 0 Å². The first-order valence-electron chi connectivity index (χ1n) is 15.6. The Labute approximate surface area is 150 Å². The van der Waals surface area contributed by atoms with Gasteiger partial charge in [-0.3, -0.25) is 0 Å². The fourth-order valence-corrected chi connectivity index (χ4v) is 1.75. The van der Waals surface area contributed by atoms with Gasteiger partial charge in [0.05, 0.1) is 16.8 Å². The van der Waals surface area contributed by atoms with Crippen LogP contribution in [0.25, 0.3) is 0 Å². The minimum atomic E-state index is -4.35. The Bertz CT molecular complexity index is 1040. The summed E-state index contributed by atoms with van der Waals surface area (Å²) >= 11 is 0. The maximum Gasteiger partial charge on any atom is 0.118 e. The van der Waals surface area contributed by atoms with Gasteiger partial charge < -0.3 is 14.7 Å². The molecule has 20 heavy (non-hydrogen) atoms. The van der Waals surface area contributed by atoms with E-state index in [0.717, 1.165) is 24.3 Å². The summed E-state index contributed by atoms with van der Waals surface area (Å²) in [6.45, 7) is -9.01. The summed E-state index contributed by atoms with van der Waals surface area (Å²) in [7, 11) is -2.98. The van der Waals surface area contributed by atoms with Crippen LogP contribution >= 0.6 is 0 Å². The predicted molar refractivity (Wildman–Crippen MR) is 82.3 cm³/mol. The lowest BCUT2D eigenvalue weighted by atomic mass is 9.72. The van der Waals surface area contributed by atoms with Crippen LogP contribution in [-0.2, 0) is 0 Å². The van der Waals surface area contributed by atoms with Crippen LogP contribution < -0.4 is 4.74 Å². The third-order valence-corrected chi connectivity index (χ3v) is 2.69. The Kier molecular flexibility index (Phi) is 1.26. The number of ether oxygens (including phenoxy) is 1. The van der Waals surface area contributed by atoms with Crippen molar-refractivity contribution in [2.45, 2.75) is 43.4 Å². The molecule has 1 atom stereocenters. The molecule has 0 amide bonds. The zero-order valence-corrected chi connectivity index (χ0v) is 10.3. The summed E-state index contributed by atoms with van der Waals surface area (Å²) in [5.41, 5.74) is -5.15. The summed E-state index contributed by atoms with van der Waals surface area (Å²) in [6.07, 6.45) is -20.7. The third-order valence-electron chi connectivity index (χ3n) is 2.69. The van der Waals surface area contributed by atoms with Crippen LogP contribution in [0.2, 0.25) is 0 Å². The molecular weight excluding hydrogens is 250 g/mol. The highest BCUT2D eigenvalue weighted by molar-refractivity contribution is 5.31. The molecule has 0 saturated heterocycles. The van der Waals surface area contributed by atoms with E-state index in [1.54, 1.807) is 0 Å². The minimum Gasteiger partial charge on any atom is -0.497 e. The molecule has 1 unspecified atom stereocenters. The second kappa shape index (κ2) is 6.59. The molecule has 1 aliphatic rings. The molecule has 3 nitrogen and oxygen atoms in total. The van der Waals surface area contributed by atoms with Crippen LogP contribution in [0.5, 0.6) is 5.75 Å². The first kappa shape index (κ1) is 3.82. The molecule has 1 N–H and O–H groups in total. The van der Waals surface area contributed by atoms with Crippen LogP contribution in [-0.4, -0.2) is 43.1 Å². The first-order chi connectivity index (χ1) is 17.3. The van der Waals surface area contributed by atoms with Crippen LogP contribution in [0, 0.1) is 0 Å². The maximum atomic E-state index is 11.9. The molecule has 0 heterocycles. The van der Waals surface area contributed by atoms with E-state index >= 15 is 0 Å². The molecule has 1 aromatic rings. The molecule has 1 aliphatic carbocycles. The summed E-state index contributed by atoms with van der Waals surface area (Å²) in [6, 6.07) is 3.15. The average molecular weight is 298 g/mol. The van der Waals surface area contributed by atoms with E-state index in [2.05, 4.69) is 4.74 Å². The molecule has 3 heteroatoms. The van der Waals surface area contributed by atoms with Gasteiger partial charge in [0.1, 0.15) is 5.75 Å². The van der Waals surface area contributed by atoms with Gasteiger partial charge in [-0.15, -0.1) is 0 Å². The van der Waals surface area contributed by atoms with Gasteiger partial charge in [0.2, 0.25) is 0 Å². The van der Waals surface area contributed by atoms with Gasteiger partial charge in [-0.05, 0) is 44.4 Å². The number of hydrogen-bond donors (Lipinski definition) is 1. The molecule has 1 saturated carbocycles. The van der Waals surface area contributed by atoms with E-state index in [-0.39, 0.29) is 4.90 Å². The number of nitrogens with zero attached hydrogens (tertiary/aromatic N) is 1. The summed E-state index contributed by atoms with van der Waals surface area (Å²) in [5.74, 6) is -4.03. The summed E-state index contributed by atoms with van der Waals surface area (Å²) < 4.78 is 164. The fraction of sp³-hybridized carbons (Fsp3) is 0.647. The zero-order chi connectivity index (χ0) is 32.0. The van der Waals surface area contributed by atoms with Gasteiger partial charge in [-0.25, -0.2) is 0 Å². The molecule has 1 aromatic carbocycles. The van der Waals surface area contributed by atoms with Gasteiger partial charge >= 0.3 is 0 Å². The summed E-state index contributed by atoms with van der Waals surface area (Å²) in [4.78, 5) is -0.349. The second-order valence-electron chi connectivity index (χ2n) is 4.03. The standard InChI is InChI=1S/C17H27NO2/c1-18(2)13-16(17(19)11-5-4-6-12-17)14-7-9-15(20-3)10-8-14/h7-10,16,19H,4-6,11-13H2,1-3H3/i1D3,2D3,3D3,4D2,5D2,6D2,11D2,12D2,16D. The topological polar surface area (TPSA) is 32.7 Å². The van der Waals surface area contributed by atoms with Crippen molar-refractivity contribution in [3.63, 3.8) is 0 Å². The van der Waals surface area contributed by atoms with Crippen molar-refractivity contribution in [1.82, 2.24) is 4.90 Å². The van der Waals surface area contributed by atoms with E-state index < -0.39 is 82.2 Å². The molecular formula is C17H27NO2. The SMILES string of the molecule is [2H]C([2H])([2H])Oc1ccc(C([2H])(CN(C([2H])([2H])[2H])C([2H])([2H])[2H])C2(O)C([2H])([2H])C([2H])([2H])C([2H])([2H])C([2H])([2H])C2([2H])[2H])cc1. The van der Waals surface area contributed by atoms with E-state index in [9.17, 15) is 6.48 Å². The zero-order valence-electron chi connectivity index (χ0n) is 30.3. The Hall–Kier alpha value is -1.06. The highest BCUT2D eigenvalue weighted by Gasteiger charge is 2.38. The van der Waals surface area contributed by atoms with Crippen molar-refractivity contribution < 1.29 is 37.3 Å². The lowest BCUT2D eigenvalue weighted by molar-refractivity contribution is -0.0277. The van der Waals surface area contributed by atoms with Crippen LogP contribution in [0.4, 0.5) is 0 Å². The number of aliphatic hydroxyl groups is 1. The highest BCUT2D eigenvalue weighted by atomic mass is 16.5. The van der Waals surface area contributed by atoms with Gasteiger partial charge in [0, 0.05) is 35.7 Å². The maximum absolute atomic E-state index is 11.9. The largest absolute Gasteiger partial charge is 0.497 e. The van der Waals surface area contributed by atoms with Crippen molar-refractivity contribution >= 4 is 0 Å². The van der Waals surface area contributed by atoms with Gasteiger partial charge in [0.25, 0.3) is 0 Å². The van der Waals surface area contributed by atoms with Crippen molar-refractivity contribution in [3.8, 4) is 5.75 Å². The molecule has 0 spiro atoms. The number of benzene rings is 1. The number of rotatable bonds is 5. The molecule has 1 fully saturated rings. The van der Waals surface area contributed by atoms with E-state index in [1.165, 1.54) is 0 Å². The molecule has 0 aliphatic heterocycles. The monoisotopic (exact) mass is 297 g/mol. The van der Waals surface area contributed by atoms with E-state index in [4.69, 9.17) is 26.0 Å². The smallest absolute Gasteiger partial charge is 0.118 e. The van der Waals surface area contributed by atoms with Gasteiger partial charge in [-0.2, -0.15) is 0 Å². The van der Waals surface area contributed by atoms with Crippen molar-refractivity contribution in [1.29, 1.82) is 0 Å². The van der Waals surface area contributed by atoms with E-state index in [0.29, 0.717) is 0 Å². The van der Waals surface area contributed by atoms with Gasteiger partial charge in [-0.1, -0.05) is 31.3 Å². The summed E-state index contributed by atoms with van der Waals surface area (Å²) in [5, 5.41) is 11.9. The normalized spacial score (nSPS) is 50.7. The Morgan fingerprint density at radius 1 is 1.35 bits per heavy atom. The predicted octanol–water partition coefficient (Wildman–Crippen LogP) is 3.04. The molecule has 2 rings (SSSR count). The van der Waals surface area contributed by atoms with Crippen molar-refractivity contribution in [2.75, 3.05) is 27.5 Å². The Morgan fingerprint density at radius 3 is 2.65 bits per heavy atom. The van der Waals surface area contributed by atoms with Crippen molar-refractivity contribution in [3.05, 3.63) is 29.8 Å². The average Bonchev–Trinajstić information content (AvgIpc) is 2.73. The lowest BCUT2D eigenvalue weighted by Crippen LogP contribution is -2.42. The third kappa shape index (κ3) is 3.53. The number of likely N-dealkylation sites (N-methyl/N-ethyl adjacent to an activating group) is 1. The first-order valence-corrected chi connectivity index (χ1v) is 5.57. The highest BCUT2D eigenvalue weighted by Crippen LogP contribution is 2.40. The molecule has 0 aromatic heterocycles. The quantitative estimate of drug-likeness (QED) is 0.907. The molecule has 112 valence electrons. The van der Waals surface area contributed by atoms with Crippen LogP contribution in [0.1, 0.15) is 70.7 Å². The van der Waals surface area contributed by atoms with Crippen LogP contribution in [0.15, 0.2) is 24.3 Å². The Balaban J connectivity index is 3.07.